The van der Waals surface area contributed by atoms with Gasteiger partial charge in [0.15, 0.2) is 6.29 Å². The van der Waals surface area contributed by atoms with Crippen molar-refractivity contribution in [3.05, 3.63) is 22.3 Å². The van der Waals surface area contributed by atoms with E-state index in [2.05, 4.69) is 9.97 Å². The minimum Gasteiger partial charge on any atom is -0.297 e. The highest BCUT2D eigenvalue weighted by molar-refractivity contribution is 7.22. The predicted molar refractivity (Wildman–Crippen MR) is 53.3 cm³/mol. The summed E-state index contributed by atoms with van der Waals surface area (Å²) in [6.45, 7) is 1.95. The number of hydrogen-bond acceptors (Lipinski definition) is 5. The number of hydrogen-bond donors (Lipinski definition) is 0. The summed E-state index contributed by atoms with van der Waals surface area (Å²) < 4.78 is 0. The summed E-state index contributed by atoms with van der Waals surface area (Å²) in [4.78, 5) is 20.3. The standard InChI is InChI=1S/C8H6N2OS2/c1-5-9-3-7(12-5)8-10-2-6(4-11)13-8/h2-4H,1H3. The lowest BCUT2D eigenvalue weighted by Gasteiger charge is -1.83. The van der Waals surface area contributed by atoms with Crippen molar-refractivity contribution in [2.75, 3.05) is 0 Å². The second-order valence-corrected chi connectivity index (χ2v) is 4.73. The molecule has 0 radical (unpaired) electrons. The van der Waals surface area contributed by atoms with Gasteiger partial charge >= 0.3 is 0 Å². The van der Waals surface area contributed by atoms with Gasteiger partial charge in [0.1, 0.15) is 5.01 Å². The Morgan fingerprint density at radius 2 is 2.15 bits per heavy atom. The van der Waals surface area contributed by atoms with Crippen molar-refractivity contribution >= 4 is 29.0 Å². The fraction of sp³-hybridized carbons (Fsp3) is 0.125. The fourth-order valence-electron chi connectivity index (χ4n) is 0.915. The lowest BCUT2D eigenvalue weighted by Crippen LogP contribution is -1.64. The molecule has 0 aliphatic heterocycles. The van der Waals surface area contributed by atoms with Gasteiger partial charge in [0, 0.05) is 12.4 Å². The zero-order chi connectivity index (χ0) is 9.26. The molecule has 0 saturated carbocycles. The van der Waals surface area contributed by atoms with E-state index < -0.39 is 0 Å². The molecule has 0 unspecified atom stereocenters. The Hall–Kier alpha value is -1.07. The summed E-state index contributed by atoms with van der Waals surface area (Å²) in [5, 5.41) is 1.88. The summed E-state index contributed by atoms with van der Waals surface area (Å²) in [7, 11) is 0. The molecule has 5 heteroatoms. The SMILES string of the molecule is Cc1ncc(-c2ncc(C=O)s2)s1. The van der Waals surface area contributed by atoms with E-state index in [9.17, 15) is 4.79 Å². The van der Waals surface area contributed by atoms with Gasteiger partial charge < -0.3 is 0 Å². The first kappa shape index (κ1) is 8.52. The minimum absolute atomic E-state index is 0.654. The molecule has 2 aromatic heterocycles. The molecule has 0 bridgehead atoms. The van der Waals surface area contributed by atoms with Crippen LogP contribution in [0.3, 0.4) is 0 Å². The highest BCUT2D eigenvalue weighted by Gasteiger charge is 2.06. The maximum Gasteiger partial charge on any atom is 0.161 e. The van der Waals surface area contributed by atoms with Gasteiger partial charge in [-0.05, 0) is 6.92 Å². The molecule has 0 aliphatic carbocycles. The minimum atomic E-state index is 0.654. The van der Waals surface area contributed by atoms with Crippen LogP contribution in [-0.2, 0) is 0 Å². The number of nitrogens with zero attached hydrogens (tertiary/aromatic N) is 2. The molecular formula is C8H6N2OS2. The number of aromatic nitrogens is 2. The van der Waals surface area contributed by atoms with Crippen LogP contribution in [0.25, 0.3) is 9.88 Å². The van der Waals surface area contributed by atoms with E-state index >= 15 is 0 Å². The Labute approximate surface area is 83.1 Å². The van der Waals surface area contributed by atoms with Crippen LogP contribution in [-0.4, -0.2) is 16.3 Å². The molecule has 0 atom stereocenters. The van der Waals surface area contributed by atoms with Gasteiger partial charge in [-0.25, -0.2) is 9.97 Å². The van der Waals surface area contributed by atoms with E-state index in [0.29, 0.717) is 4.88 Å². The van der Waals surface area contributed by atoms with E-state index in [4.69, 9.17) is 0 Å². The van der Waals surface area contributed by atoms with Crippen LogP contribution in [0.15, 0.2) is 12.4 Å². The molecule has 0 fully saturated rings. The Balaban J connectivity index is 2.40. The molecule has 0 aliphatic rings. The van der Waals surface area contributed by atoms with Crippen LogP contribution >= 0.6 is 22.7 Å². The predicted octanol–water partition coefficient (Wildman–Crippen LogP) is 2.39. The largest absolute Gasteiger partial charge is 0.297 e. The smallest absolute Gasteiger partial charge is 0.161 e. The Kier molecular flexibility index (Phi) is 2.20. The number of carbonyl (C=O) groups is 1. The fourth-order valence-corrected chi connectivity index (χ4v) is 2.47. The summed E-state index contributed by atoms with van der Waals surface area (Å²) in [6.07, 6.45) is 4.19. The van der Waals surface area contributed by atoms with Crippen molar-refractivity contribution < 1.29 is 4.79 Å². The van der Waals surface area contributed by atoms with Crippen molar-refractivity contribution in [1.82, 2.24) is 9.97 Å². The molecule has 2 heterocycles. The third kappa shape index (κ3) is 1.66. The Morgan fingerprint density at radius 1 is 1.31 bits per heavy atom. The number of carbonyl (C=O) groups excluding carboxylic acids is 1. The summed E-state index contributed by atoms with van der Waals surface area (Å²) in [5.74, 6) is 0. The van der Waals surface area contributed by atoms with Gasteiger partial charge in [-0.2, -0.15) is 0 Å². The Bertz CT molecular complexity index is 433. The van der Waals surface area contributed by atoms with E-state index in [1.807, 2.05) is 6.92 Å². The molecular weight excluding hydrogens is 204 g/mol. The molecule has 13 heavy (non-hydrogen) atoms. The lowest BCUT2D eigenvalue weighted by atomic mass is 10.6. The molecule has 66 valence electrons. The van der Waals surface area contributed by atoms with Crippen molar-refractivity contribution in [3.63, 3.8) is 0 Å². The number of aryl methyl sites for hydroxylation is 1. The number of rotatable bonds is 2. The highest BCUT2D eigenvalue weighted by atomic mass is 32.1. The quantitative estimate of drug-likeness (QED) is 0.715. The molecule has 0 aromatic carbocycles. The van der Waals surface area contributed by atoms with E-state index in [1.54, 1.807) is 23.7 Å². The number of aldehydes is 1. The average molecular weight is 210 g/mol. The first-order valence-electron chi connectivity index (χ1n) is 3.63. The molecule has 0 amide bonds. The van der Waals surface area contributed by atoms with Crippen molar-refractivity contribution in [2.24, 2.45) is 0 Å². The van der Waals surface area contributed by atoms with Crippen molar-refractivity contribution in [1.29, 1.82) is 0 Å². The van der Waals surface area contributed by atoms with Gasteiger partial charge in [0.05, 0.1) is 14.8 Å². The molecule has 0 spiro atoms. The lowest BCUT2D eigenvalue weighted by molar-refractivity contribution is 0.112. The molecule has 2 rings (SSSR count). The summed E-state index contributed by atoms with van der Waals surface area (Å²) in [6, 6.07) is 0. The third-order valence-corrected chi connectivity index (χ3v) is 3.48. The Morgan fingerprint density at radius 3 is 2.69 bits per heavy atom. The van der Waals surface area contributed by atoms with Gasteiger partial charge in [-0.3, -0.25) is 4.79 Å². The molecule has 0 saturated heterocycles. The second kappa shape index (κ2) is 3.35. The first-order chi connectivity index (χ1) is 6.29. The van der Waals surface area contributed by atoms with Crippen LogP contribution in [0.4, 0.5) is 0 Å². The van der Waals surface area contributed by atoms with Crippen LogP contribution in [0, 0.1) is 6.92 Å². The zero-order valence-electron chi connectivity index (χ0n) is 6.85. The summed E-state index contributed by atoms with van der Waals surface area (Å²) >= 11 is 2.98. The maximum atomic E-state index is 10.4. The van der Waals surface area contributed by atoms with Crippen LogP contribution in [0.1, 0.15) is 14.7 Å². The van der Waals surface area contributed by atoms with Crippen molar-refractivity contribution in [2.45, 2.75) is 6.92 Å². The van der Waals surface area contributed by atoms with Crippen LogP contribution in [0.5, 0.6) is 0 Å². The normalized spacial score (nSPS) is 10.2. The zero-order valence-corrected chi connectivity index (χ0v) is 8.48. The summed E-state index contributed by atoms with van der Waals surface area (Å²) in [5.41, 5.74) is 0. The van der Waals surface area contributed by atoms with Gasteiger partial charge in [0.25, 0.3) is 0 Å². The molecule has 2 aromatic rings. The third-order valence-electron chi connectivity index (χ3n) is 1.47. The second-order valence-electron chi connectivity index (χ2n) is 2.43. The topological polar surface area (TPSA) is 42.9 Å². The van der Waals surface area contributed by atoms with Gasteiger partial charge in [-0.1, -0.05) is 0 Å². The monoisotopic (exact) mass is 210 g/mol. The molecule has 0 N–H and O–H groups in total. The highest BCUT2D eigenvalue weighted by Crippen LogP contribution is 2.28. The van der Waals surface area contributed by atoms with E-state index in [0.717, 1.165) is 21.2 Å². The maximum absolute atomic E-state index is 10.4. The van der Waals surface area contributed by atoms with Crippen molar-refractivity contribution in [3.8, 4) is 9.88 Å². The number of thiazole rings is 2. The van der Waals surface area contributed by atoms with Gasteiger partial charge in [0.2, 0.25) is 0 Å². The van der Waals surface area contributed by atoms with Crippen LogP contribution in [0.2, 0.25) is 0 Å². The average Bonchev–Trinajstić information content (AvgIpc) is 2.71. The molecule has 3 nitrogen and oxygen atoms in total. The van der Waals surface area contributed by atoms with Gasteiger partial charge in [-0.15, -0.1) is 22.7 Å². The van der Waals surface area contributed by atoms with Crippen LogP contribution < -0.4 is 0 Å². The first-order valence-corrected chi connectivity index (χ1v) is 5.26. The van der Waals surface area contributed by atoms with E-state index in [1.165, 1.54) is 11.3 Å². The van der Waals surface area contributed by atoms with E-state index in [-0.39, 0.29) is 0 Å².